The predicted octanol–water partition coefficient (Wildman–Crippen LogP) is 5.08. The van der Waals surface area contributed by atoms with E-state index < -0.39 is 0 Å². The fourth-order valence-corrected chi connectivity index (χ4v) is 3.10. The lowest BCUT2D eigenvalue weighted by Gasteiger charge is -2.13. The number of alkyl halides is 1. The smallest absolute Gasteiger partial charge is 0.228 e. The molecule has 2 rings (SSSR count). The lowest BCUT2D eigenvalue weighted by Crippen LogP contribution is -2.03. The Kier molecular flexibility index (Phi) is 5.12. The molecule has 0 bridgehead atoms. The Labute approximate surface area is 124 Å². The van der Waals surface area contributed by atoms with E-state index in [0.717, 1.165) is 29.7 Å². The first-order valence-corrected chi connectivity index (χ1v) is 7.69. The van der Waals surface area contributed by atoms with Gasteiger partial charge in [0.1, 0.15) is 0 Å². The van der Waals surface area contributed by atoms with Gasteiger partial charge in [0.15, 0.2) is 0 Å². The first-order chi connectivity index (χ1) is 9.11. The van der Waals surface area contributed by atoms with Crippen LogP contribution in [0.25, 0.3) is 0 Å². The summed E-state index contributed by atoms with van der Waals surface area (Å²) in [6.45, 7) is 2.19. The number of carbonyl (C=O) groups is 1. The van der Waals surface area contributed by atoms with E-state index in [1.807, 2.05) is 12.1 Å². The van der Waals surface area contributed by atoms with Crippen molar-refractivity contribution in [2.24, 2.45) is 0 Å². The van der Waals surface area contributed by atoms with Gasteiger partial charge < -0.3 is 5.32 Å². The maximum Gasteiger partial charge on any atom is 0.228 e. The van der Waals surface area contributed by atoms with Crippen LogP contribution in [0.2, 0.25) is 5.02 Å². The summed E-state index contributed by atoms with van der Waals surface area (Å²) >= 11 is 12.7. The molecule has 4 heteroatoms. The van der Waals surface area contributed by atoms with Gasteiger partial charge in [-0.2, -0.15) is 0 Å². The number of carbonyl (C=O) groups excluding carboxylic acids is 1. The molecule has 0 aliphatic carbocycles. The lowest BCUT2D eigenvalue weighted by atomic mass is 10.0. The molecule has 19 heavy (non-hydrogen) atoms. The van der Waals surface area contributed by atoms with Crippen LogP contribution in [0, 0.1) is 0 Å². The Bertz CT molecular complexity index is 473. The van der Waals surface area contributed by atoms with Crippen molar-refractivity contribution in [1.29, 1.82) is 0 Å². The van der Waals surface area contributed by atoms with Crippen LogP contribution in [-0.2, 0) is 11.2 Å². The molecule has 1 aliphatic rings. The second kappa shape index (κ2) is 6.62. The van der Waals surface area contributed by atoms with Crippen molar-refractivity contribution >= 4 is 34.8 Å². The second-order valence-corrected chi connectivity index (χ2v) is 6.01. The Morgan fingerprint density at radius 1 is 1.32 bits per heavy atom. The van der Waals surface area contributed by atoms with Crippen LogP contribution >= 0.6 is 23.2 Å². The van der Waals surface area contributed by atoms with Crippen molar-refractivity contribution in [3.8, 4) is 0 Å². The summed E-state index contributed by atoms with van der Waals surface area (Å²) < 4.78 is 0. The minimum atomic E-state index is -0.0645. The van der Waals surface area contributed by atoms with E-state index in [4.69, 9.17) is 23.2 Å². The number of fused-ring (bicyclic) bond motifs is 1. The fraction of sp³-hybridized carbons (Fsp3) is 0.533. The van der Waals surface area contributed by atoms with Crippen molar-refractivity contribution in [3.63, 3.8) is 0 Å². The number of anilines is 1. The lowest BCUT2D eigenvalue weighted by molar-refractivity contribution is -0.115. The molecule has 0 aromatic heterocycles. The highest BCUT2D eigenvalue weighted by Gasteiger charge is 2.21. The quantitative estimate of drug-likeness (QED) is 0.575. The van der Waals surface area contributed by atoms with E-state index in [1.54, 1.807) is 0 Å². The number of amides is 1. The Morgan fingerprint density at radius 2 is 2.11 bits per heavy atom. The van der Waals surface area contributed by atoms with Crippen molar-refractivity contribution in [2.45, 2.75) is 50.8 Å². The van der Waals surface area contributed by atoms with Gasteiger partial charge in [-0.15, -0.1) is 11.6 Å². The Balaban J connectivity index is 2.04. The number of nitrogens with one attached hydrogen (secondary N) is 1. The second-order valence-electron chi connectivity index (χ2n) is 5.07. The van der Waals surface area contributed by atoms with E-state index in [0.29, 0.717) is 11.4 Å². The topological polar surface area (TPSA) is 29.1 Å². The summed E-state index contributed by atoms with van der Waals surface area (Å²) in [7, 11) is 0. The minimum Gasteiger partial charge on any atom is -0.325 e. The van der Waals surface area contributed by atoms with Crippen molar-refractivity contribution < 1.29 is 4.79 Å². The van der Waals surface area contributed by atoms with Gasteiger partial charge in [0, 0.05) is 10.7 Å². The molecule has 0 saturated heterocycles. The average molecular weight is 300 g/mol. The molecule has 0 radical (unpaired) electrons. The van der Waals surface area contributed by atoms with Crippen LogP contribution in [0.4, 0.5) is 5.69 Å². The zero-order chi connectivity index (χ0) is 13.8. The van der Waals surface area contributed by atoms with Crippen molar-refractivity contribution in [3.05, 3.63) is 28.3 Å². The molecular formula is C15H19Cl2NO. The molecule has 1 unspecified atom stereocenters. The van der Waals surface area contributed by atoms with E-state index in [-0.39, 0.29) is 11.3 Å². The summed E-state index contributed by atoms with van der Waals surface area (Å²) in [4.78, 5) is 11.3. The largest absolute Gasteiger partial charge is 0.325 e. The third-order valence-electron chi connectivity index (χ3n) is 3.50. The molecular weight excluding hydrogens is 281 g/mol. The summed E-state index contributed by atoms with van der Waals surface area (Å²) in [6, 6.07) is 3.80. The number of rotatable bonds is 6. The molecule has 0 fully saturated rings. The molecule has 2 nitrogen and oxygen atoms in total. The maximum absolute atomic E-state index is 11.3. The zero-order valence-electron chi connectivity index (χ0n) is 11.1. The van der Waals surface area contributed by atoms with Crippen LogP contribution in [-0.4, -0.2) is 5.91 Å². The number of hydrogen-bond acceptors (Lipinski definition) is 1. The highest BCUT2D eigenvalue weighted by atomic mass is 35.5. The van der Waals surface area contributed by atoms with Crippen LogP contribution in [0.5, 0.6) is 0 Å². The van der Waals surface area contributed by atoms with E-state index >= 15 is 0 Å². The first-order valence-electron chi connectivity index (χ1n) is 6.88. The van der Waals surface area contributed by atoms with E-state index in [9.17, 15) is 4.79 Å². The van der Waals surface area contributed by atoms with Gasteiger partial charge >= 0.3 is 0 Å². The summed E-state index contributed by atoms with van der Waals surface area (Å²) in [5.74, 6) is 0.0253. The number of halogens is 2. The molecule has 1 aliphatic heterocycles. The van der Waals surface area contributed by atoms with Crippen LogP contribution in [0.15, 0.2) is 12.1 Å². The van der Waals surface area contributed by atoms with Crippen molar-refractivity contribution in [2.75, 3.05) is 5.32 Å². The van der Waals surface area contributed by atoms with Gasteiger partial charge in [-0.3, -0.25) is 4.79 Å². The van der Waals surface area contributed by atoms with Gasteiger partial charge in [-0.1, -0.05) is 50.3 Å². The standard InChI is InChI=1S/C15H19Cl2NO/c1-2-3-4-5-6-12(16)11-7-10-8-15(19)18-14(10)9-13(11)17/h7,9,12H,2-6,8H2,1H3,(H,18,19). The van der Waals surface area contributed by atoms with Gasteiger partial charge in [0.25, 0.3) is 0 Å². The molecule has 104 valence electrons. The van der Waals surface area contributed by atoms with Gasteiger partial charge in [0.05, 0.1) is 11.8 Å². The zero-order valence-corrected chi connectivity index (χ0v) is 12.7. The summed E-state index contributed by atoms with van der Waals surface area (Å²) in [5, 5.41) is 3.38. The van der Waals surface area contributed by atoms with Gasteiger partial charge in [-0.25, -0.2) is 0 Å². The molecule has 0 saturated carbocycles. The van der Waals surface area contributed by atoms with Crippen LogP contribution in [0.3, 0.4) is 0 Å². The molecule has 1 atom stereocenters. The molecule has 1 heterocycles. The van der Waals surface area contributed by atoms with Crippen molar-refractivity contribution in [1.82, 2.24) is 0 Å². The predicted molar refractivity (Wildman–Crippen MR) is 81.1 cm³/mol. The Hall–Kier alpha value is -0.730. The highest BCUT2D eigenvalue weighted by Crippen LogP contribution is 2.37. The first kappa shape index (κ1) is 14.7. The van der Waals surface area contributed by atoms with Gasteiger partial charge in [-0.05, 0) is 23.6 Å². The molecule has 1 amide bonds. The van der Waals surface area contributed by atoms with Gasteiger partial charge in [0.2, 0.25) is 5.91 Å². The Morgan fingerprint density at radius 3 is 2.84 bits per heavy atom. The highest BCUT2D eigenvalue weighted by molar-refractivity contribution is 6.33. The molecule has 1 aromatic carbocycles. The third kappa shape index (κ3) is 3.64. The van der Waals surface area contributed by atoms with Crippen LogP contribution < -0.4 is 5.32 Å². The van der Waals surface area contributed by atoms with E-state index in [2.05, 4.69) is 12.2 Å². The minimum absolute atomic E-state index is 0.0253. The molecule has 0 spiro atoms. The summed E-state index contributed by atoms with van der Waals surface area (Å²) in [6.07, 6.45) is 6.16. The molecule has 1 N–H and O–H groups in total. The summed E-state index contributed by atoms with van der Waals surface area (Å²) in [5.41, 5.74) is 2.78. The number of benzene rings is 1. The number of hydrogen-bond donors (Lipinski definition) is 1. The monoisotopic (exact) mass is 299 g/mol. The third-order valence-corrected chi connectivity index (χ3v) is 4.28. The fourth-order valence-electron chi connectivity index (χ4n) is 2.41. The average Bonchev–Trinajstić information content (AvgIpc) is 2.72. The molecule has 1 aromatic rings. The maximum atomic E-state index is 11.3. The SMILES string of the molecule is CCCCCCC(Cl)c1cc2c(cc1Cl)NC(=O)C2. The van der Waals surface area contributed by atoms with Crippen LogP contribution in [0.1, 0.15) is 55.5 Å². The number of unbranched alkanes of at least 4 members (excludes halogenated alkanes) is 3. The van der Waals surface area contributed by atoms with E-state index in [1.165, 1.54) is 19.3 Å². The normalized spacial score (nSPS) is 15.2.